The van der Waals surface area contributed by atoms with Gasteiger partial charge < -0.3 is 25.5 Å². The van der Waals surface area contributed by atoms with Gasteiger partial charge in [0.2, 0.25) is 0 Å². The van der Waals surface area contributed by atoms with Crippen molar-refractivity contribution >= 4 is 18.4 Å². The van der Waals surface area contributed by atoms with Crippen molar-refractivity contribution in [2.24, 2.45) is 0 Å². The Balaban J connectivity index is 0.00000338. The Bertz CT molecular complexity index is 708. The van der Waals surface area contributed by atoms with Crippen molar-refractivity contribution in [3.05, 3.63) is 71.3 Å². The number of benzene rings is 2. The minimum Gasteiger partial charge on any atom is -0.526 e. The van der Waals surface area contributed by atoms with Gasteiger partial charge in [-0.25, -0.2) is 4.79 Å². The van der Waals surface area contributed by atoms with Gasteiger partial charge in [0.1, 0.15) is 6.61 Å². The van der Waals surface area contributed by atoms with E-state index in [9.17, 15) is 14.4 Å². The van der Waals surface area contributed by atoms with E-state index in [1.165, 1.54) is 0 Å². The molecule has 0 aliphatic carbocycles. The smallest absolute Gasteiger partial charge is 0.408 e. The molecule has 0 saturated heterocycles. The molecule has 2 rings (SSSR count). The molecule has 0 saturated carbocycles. The second-order valence-electron chi connectivity index (χ2n) is 5.07. The van der Waals surface area contributed by atoms with Gasteiger partial charge in [0.05, 0.1) is 6.67 Å². The van der Waals surface area contributed by atoms with Crippen LogP contribution in [0.2, 0.25) is 0 Å². The molecule has 7 nitrogen and oxygen atoms in total. The predicted molar refractivity (Wildman–Crippen MR) is 91.1 cm³/mol. The molecule has 0 bridgehead atoms. The second-order valence-corrected chi connectivity index (χ2v) is 5.07. The molecule has 0 atom stereocenters. The number of hydrogen-bond acceptors (Lipinski definition) is 4. The summed E-state index contributed by atoms with van der Waals surface area (Å²) in [5.41, 5.74) is 2.17. The molecule has 0 aliphatic rings. The summed E-state index contributed by atoms with van der Waals surface area (Å²) in [5.74, 6) is -0.329. The molecule has 0 aliphatic heterocycles. The maximum Gasteiger partial charge on any atom is 0.408 e. The summed E-state index contributed by atoms with van der Waals surface area (Å²) in [5, 5.41) is 7.42. The molecular weight excluding hydrogens is 411 g/mol. The molecule has 133 valence electrons. The average Bonchev–Trinajstić information content (AvgIpc) is 2.66. The van der Waals surface area contributed by atoms with E-state index in [0.717, 1.165) is 11.1 Å². The Morgan fingerprint density at radius 2 is 1.62 bits per heavy atom. The topological polar surface area (TPSA) is 96.5 Å². The van der Waals surface area contributed by atoms with Crippen LogP contribution in [-0.2, 0) is 55.4 Å². The predicted octanol–water partition coefficient (Wildman–Crippen LogP) is 1.45. The normalized spacial score (nSPS) is 9.38. The molecule has 2 aromatic carbocycles. The van der Waals surface area contributed by atoms with E-state index in [0.29, 0.717) is 12.1 Å². The Morgan fingerprint density at radius 3 is 2.27 bits per heavy atom. The van der Waals surface area contributed by atoms with Gasteiger partial charge in [0.25, 0.3) is 5.91 Å². The summed E-state index contributed by atoms with van der Waals surface area (Å²) in [6.07, 6.45) is 0.966. The van der Waals surface area contributed by atoms with Gasteiger partial charge in [-0.2, -0.15) is 6.41 Å². The molecule has 0 heterocycles. The van der Waals surface area contributed by atoms with E-state index >= 15 is 0 Å². The third-order valence-corrected chi connectivity index (χ3v) is 3.28. The maximum absolute atomic E-state index is 11.9. The molecule has 1 radical (unpaired) electrons. The van der Waals surface area contributed by atoms with Crippen molar-refractivity contribution < 1.29 is 51.8 Å². The van der Waals surface area contributed by atoms with Gasteiger partial charge in [-0.1, -0.05) is 42.5 Å². The molecule has 0 spiro atoms. The number of amides is 3. The van der Waals surface area contributed by atoms with Gasteiger partial charge >= 0.3 is 6.09 Å². The Labute approximate surface area is 176 Å². The first-order valence-electron chi connectivity index (χ1n) is 7.60. The number of carbonyl (C=O) groups excluding carboxylic acids is 3. The van der Waals surface area contributed by atoms with Crippen molar-refractivity contribution in [3.8, 4) is 0 Å². The number of hydrogen-bond donors (Lipinski definition) is 3. The minimum absolute atomic E-state index is 0. The Kier molecular flexibility index (Phi) is 10.2. The van der Waals surface area contributed by atoms with Crippen LogP contribution in [0, 0.1) is 0 Å². The molecule has 3 N–H and O–H groups in total. The summed E-state index contributed by atoms with van der Waals surface area (Å²) >= 11 is 0. The first kappa shape index (κ1) is 21.8. The van der Waals surface area contributed by atoms with E-state index in [1.54, 1.807) is 30.7 Å². The van der Waals surface area contributed by atoms with Gasteiger partial charge in [0, 0.05) is 44.8 Å². The monoisotopic (exact) mass is 429 g/mol. The zero-order valence-electron chi connectivity index (χ0n) is 14.0. The molecule has 3 amide bonds. The Hall–Kier alpha value is -2.25. The molecule has 0 fully saturated rings. The summed E-state index contributed by atoms with van der Waals surface area (Å²) in [6.45, 7) is 0.463. The number of rotatable bonds is 8. The number of nitrogens with one attached hydrogen (secondary N) is 3. The summed E-state index contributed by atoms with van der Waals surface area (Å²) < 4.78 is 5.03. The molecule has 0 aromatic heterocycles. The van der Waals surface area contributed by atoms with Crippen LogP contribution in [0.3, 0.4) is 0 Å². The van der Waals surface area contributed by atoms with Crippen LogP contribution in [0.4, 0.5) is 4.79 Å². The van der Waals surface area contributed by atoms with Gasteiger partial charge in [-0.05, 0) is 23.3 Å². The number of ether oxygens (including phenoxy) is 1. The van der Waals surface area contributed by atoms with Gasteiger partial charge in [0.15, 0.2) is 0 Å². The van der Waals surface area contributed by atoms with Gasteiger partial charge in [-0.3, -0.25) is 4.79 Å². The van der Waals surface area contributed by atoms with Crippen molar-refractivity contribution in [1.29, 1.82) is 0 Å². The van der Waals surface area contributed by atoms with E-state index in [-0.39, 0.29) is 51.9 Å². The summed E-state index contributed by atoms with van der Waals surface area (Å²) in [7, 11) is 0. The van der Waals surface area contributed by atoms with E-state index < -0.39 is 6.09 Å². The van der Waals surface area contributed by atoms with Crippen molar-refractivity contribution in [1.82, 2.24) is 16.0 Å². The van der Waals surface area contributed by atoms with E-state index in [4.69, 9.17) is 4.74 Å². The summed E-state index contributed by atoms with van der Waals surface area (Å²) in [4.78, 5) is 33.6. The number of alkyl carbamates (subject to hydrolysis) is 1. The van der Waals surface area contributed by atoms with Crippen LogP contribution in [0.25, 0.3) is 0 Å². The van der Waals surface area contributed by atoms with Crippen LogP contribution in [0.15, 0.2) is 54.6 Å². The maximum atomic E-state index is 11.9. The third kappa shape index (κ3) is 7.76. The first-order chi connectivity index (χ1) is 12.2. The fraction of sp³-hybridized carbons (Fsp3) is 0.167. The van der Waals surface area contributed by atoms with Crippen LogP contribution in [0.1, 0.15) is 21.5 Å². The third-order valence-electron chi connectivity index (χ3n) is 3.28. The van der Waals surface area contributed by atoms with Crippen molar-refractivity contribution in [2.75, 3.05) is 6.67 Å². The standard InChI is InChI=1S/C18H18N3O4.Y/c22-13-19-10-14-6-8-16(9-7-14)17(23)20-12-21-18(24)25-11-15-4-2-1-3-5-15;/h1-9H,10-12H2,(H,19,22)(H,20,23)(H,21,24);/q-1;. The van der Waals surface area contributed by atoms with E-state index in [2.05, 4.69) is 16.0 Å². The largest absolute Gasteiger partial charge is 0.526 e. The average molecular weight is 429 g/mol. The fourth-order valence-corrected chi connectivity index (χ4v) is 1.98. The zero-order valence-corrected chi connectivity index (χ0v) is 16.9. The van der Waals surface area contributed by atoms with Crippen molar-refractivity contribution in [2.45, 2.75) is 13.2 Å². The van der Waals surface area contributed by atoms with Crippen molar-refractivity contribution in [3.63, 3.8) is 0 Å². The number of carbonyl (C=O) groups is 2. The SMILES string of the molecule is O=[C-]NCc1ccc(C(=O)NCNC(=O)OCc2ccccc2)cc1.[Y]. The van der Waals surface area contributed by atoms with Crippen LogP contribution in [0.5, 0.6) is 0 Å². The molecule has 0 unspecified atom stereocenters. The van der Waals surface area contributed by atoms with E-state index in [1.807, 2.05) is 30.3 Å². The first-order valence-corrected chi connectivity index (χ1v) is 7.60. The molecule has 8 heteroatoms. The van der Waals surface area contributed by atoms with Crippen LogP contribution < -0.4 is 16.0 Å². The quantitative estimate of drug-likeness (QED) is 0.336. The Morgan fingerprint density at radius 1 is 0.923 bits per heavy atom. The molecular formula is C18H18N3O4Y-. The minimum atomic E-state index is -0.615. The second kappa shape index (κ2) is 12.2. The molecule has 26 heavy (non-hydrogen) atoms. The van der Waals surface area contributed by atoms with Crippen LogP contribution >= 0.6 is 0 Å². The zero-order chi connectivity index (χ0) is 17.9. The van der Waals surface area contributed by atoms with Crippen LogP contribution in [-0.4, -0.2) is 25.1 Å². The van der Waals surface area contributed by atoms with Gasteiger partial charge in [-0.15, -0.1) is 0 Å². The summed E-state index contributed by atoms with van der Waals surface area (Å²) in [6, 6.07) is 16.0. The molecule has 2 aromatic rings. The fourth-order valence-electron chi connectivity index (χ4n) is 1.98.